The Morgan fingerprint density at radius 1 is 1.15 bits per heavy atom. The molecule has 4 rings (SSSR count). The smallest absolute Gasteiger partial charge is 0.272 e. The van der Waals surface area contributed by atoms with Gasteiger partial charge in [0, 0.05) is 17.7 Å². The van der Waals surface area contributed by atoms with Crippen molar-refractivity contribution in [1.29, 1.82) is 0 Å². The molecular formula is C22H19F4N5O3. The van der Waals surface area contributed by atoms with Gasteiger partial charge in [-0.3, -0.25) is 9.36 Å². The first-order chi connectivity index (χ1) is 16.2. The van der Waals surface area contributed by atoms with E-state index in [-0.39, 0.29) is 28.8 Å². The molecule has 0 fully saturated rings. The summed E-state index contributed by atoms with van der Waals surface area (Å²) in [7, 11) is 0. The Balaban J connectivity index is 1.78. The van der Waals surface area contributed by atoms with Gasteiger partial charge in [-0.25, -0.2) is 32.2 Å². The lowest BCUT2D eigenvalue weighted by molar-refractivity contribution is -0.0343. The van der Waals surface area contributed by atoms with E-state index in [1.807, 2.05) is 0 Å². The van der Waals surface area contributed by atoms with Crippen molar-refractivity contribution in [2.45, 2.75) is 31.5 Å². The van der Waals surface area contributed by atoms with Crippen molar-refractivity contribution in [2.24, 2.45) is 0 Å². The number of aromatic nitrogens is 5. The van der Waals surface area contributed by atoms with Crippen LogP contribution in [0.25, 0.3) is 10.9 Å². The number of alkyl halides is 2. The summed E-state index contributed by atoms with van der Waals surface area (Å²) in [4.78, 5) is 21.2. The van der Waals surface area contributed by atoms with E-state index in [9.17, 15) is 27.5 Å². The highest BCUT2D eigenvalue weighted by Crippen LogP contribution is 2.36. The van der Waals surface area contributed by atoms with E-state index in [4.69, 9.17) is 4.74 Å². The van der Waals surface area contributed by atoms with E-state index in [1.54, 1.807) is 0 Å². The van der Waals surface area contributed by atoms with Gasteiger partial charge >= 0.3 is 0 Å². The summed E-state index contributed by atoms with van der Waals surface area (Å²) >= 11 is 0. The Hall–Kier alpha value is -3.80. The van der Waals surface area contributed by atoms with E-state index < -0.39 is 41.9 Å². The zero-order valence-electron chi connectivity index (χ0n) is 17.8. The lowest BCUT2D eigenvalue weighted by Crippen LogP contribution is -2.43. The maximum absolute atomic E-state index is 14.8. The third-order valence-electron chi connectivity index (χ3n) is 5.51. The topological polar surface area (TPSA) is 95.1 Å². The van der Waals surface area contributed by atoms with Gasteiger partial charge in [0.25, 0.3) is 12.0 Å². The van der Waals surface area contributed by atoms with Crippen LogP contribution < -0.4 is 10.3 Å². The van der Waals surface area contributed by atoms with Gasteiger partial charge in [-0.2, -0.15) is 5.10 Å². The predicted octanol–water partition coefficient (Wildman–Crippen LogP) is 3.06. The predicted molar refractivity (Wildman–Crippen MR) is 112 cm³/mol. The normalized spacial score (nSPS) is 14.3. The minimum Gasteiger partial charge on any atom is -0.488 e. The Morgan fingerprint density at radius 2 is 1.94 bits per heavy atom. The van der Waals surface area contributed by atoms with Crippen LogP contribution in [0.5, 0.6) is 5.75 Å². The zero-order valence-corrected chi connectivity index (χ0v) is 17.8. The van der Waals surface area contributed by atoms with Gasteiger partial charge in [-0.1, -0.05) is 6.07 Å². The second kappa shape index (κ2) is 9.21. The molecule has 0 amide bonds. The van der Waals surface area contributed by atoms with Crippen LogP contribution in [-0.4, -0.2) is 42.5 Å². The molecule has 0 aliphatic carbocycles. The summed E-state index contributed by atoms with van der Waals surface area (Å²) in [5, 5.41) is 15.7. The molecule has 0 bridgehead atoms. The van der Waals surface area contributed by atoms with Gasteiger partial charge in [-0.05, 0) is 25.1 Å². The van der Waals surface area contributed by atoms with E-state index in [0.717, 1.165) is 23.0 Å². The molecule has 0 saturated carbocycles. The fourth-order valence-electron chi connectivity index (χ4n) is 3.71. The van der Waals surface area contributed by atoms with Crippen LogP contribution in [0.15, 0.2) is 60.2 Å². The van der Waals surface area contributed by atoms with Crippen LogP contribution in [0.4, 0.5) is 17.6 Å². The van der Waals surface area contributed by atoms with Crippen LogP contribution in [0.1, 0.15) is 18.5 Å². The number of hydrogen-bond donors (Lipinski definition) is 1. The summed E-state index contributed by atoms with van der Waals surface area (Å²) in [6.07, 6.45) is 1.03. The molecular weight excluding hydrogens is 458 g/mol. The van der Waals surface area contributed by atoms with Gasteiger partial charge in [0.1, 0.15) is 42.2 Å². The SMILES string of the molecule is C[C@@H](n1cnc2cc(OCC(F)F)ccc2c1=O)[C@](O)(Cn1cncn1)c1ccc(F)cc1F. The third-order valence-corrected chi connectivity index (χ3v) is 5.51. The van der Waals surface area contributed by atoms with Crippen molar-refractivity contribution in [1.82, 2.24) is 24.3 Å². The second-order valence-corrected chi connectivity index (χ2v) is 7.66. The zero-order chi connectivity index (χ0) is 24.5. The largest absolute Gasteiger partial charge is 0.488 e. The molecule has 1 N–H and O–H groups in total. The fourth-order valence-corrected chi connectivity index (χ4v) is 3.71. The van der Waals surface area contributed by atoms with Crippen LogP contribution in [0.2, 0.25) is 0 Å². The molecule has 0 radical (unpaired) electrons. The standard InChI is InChI=1S/C22H19F4N5O3/c1-13(22(33,9-30-11-27-10-29-30)17-5-2-14(23)6-18(17)24)31-12-28-19-7-15(34-8-20(25)26)3-4-16(19)21(31)32/h2-7,10-13,20,33H,8-9H2,1H3/t13-,22-/m1/s1. The van der Waals surface area contributed by atoms with Crippen molar-refractivity contribution in [3.05, 3.63) is 82.9 Å². The molecule has 2 aromatic heterocycles. The molecule has 34 heavy (non-hydrogen) atoms. The summed E-state index contributed by atoms with van der Waals surface area (Å²) in [6.45, 7) is 0.370. The number of nitrogens with zero attached hydrogens (tertiary/aromatic N) is 5. The molecule has 2 heterocycles. The molecule has 2 aromatic carbocycles. The van der Waals surface area contributed by atoms with Gasteiger partial charge in [0.15, 0.2) is 0 Å². The minimum atomic E-state index is -2.66. The van der Waals surface area contributed by atoms with Gasteiger partial charge in [0.05, 0.1) is 29.8 Å². The van der Waals surface area contributed by atoms with Gasteiger partial charge < -0.3 is 9.84 Å². The Morgan fingerprint density at radius 3 is 2.62 bits per heavy atom. The number of rotatable bonds is 8. The quantitative estimate of drug-likeness (QED) is 0.392. The highest BCUT2D eigenvalue weighted by atomic mass is 19.3. The number of benzene rings is 2. The molecule has 0 aliphatic rings. The minimum absolute atomic E-state index is 0.113. The summed E-state index contributed by atoms with van der Waals surface area (Å²) in [5.74, 6) is -1.72. The first kappa shape index (κ1) is 23.4. The maximum Gasteiger partial charge on any atom is 0.272 e. The van der Waals surface area contributed by atoms with Gasteiger partial charge in [0.2, 0.25) is 0 Å². The Kier molecular flexibility index (Phi) is 6.33. The molecule has 8 nitrogen and oxygen atoms in total. The average molecular weight is 477 g/mol. The van der Waals surface area contributed by atoms with Crippen molar-refractivity contribution < 1.29 is 27.4 Å². The molecule has 12 heteroatoms. The van der Waals surface area contributed by atoms with Crippen LogP contribution in [0.3, 0.4) is 0 Å². The number of ether oxygens (including phenoxy) is 1. The molecule has 0 unspecified atom stereocenters. The molecule has 178 valence electrons. The highest BCUT2D eigenvalue weighted by molar-refractivity contribution is 5.78. The summed E-state index contributed by atoms with van der Waals surface area (Å²) < 4.78 is 60.4. The molecule has 0 saturated heterocycles. The maximum atomic E-state index is 14.8. The molecule has 0 aliphatic heterocycles. The van der Waals surface area contributed by atoms with Crippen LogP contribution in [0, 0.1) is 11.6 Å². The summed E-state index contributed by atoms with van der Waals surface area (Å²) in [5.41, 5.74) is -2.70. The number of aliphatic hydroxyl groups is 1. The fraction of sp³-hybridized carbons (Fsp3) is 0.273. The van der Waals surface area contributed by atoms with Crippen LogP contribution >= 0.6 is 0 Å². The van der Waals surface area contributed by atoms with E-state index in [0.29, 0.717) is 6.07 Å². The Labute approximate surface area is 190 Å². The summed E-state index contributed by atoms with van der Waals surface area (Å²) in [6, 6.07) is 5.69. The number of fused-ring (bicyclic) bond motifs is 1. The molecule has 4 aromatic rings. The van der Waals surface area contributed by atoms with Crippen molar-refractivity contribution >= 4 is 10.9 Å². The third kappa shape index (κ3) is 4.49. The monoisotopic (exact) mass is 477 g/mol. The Bertz CT molecular complexity index is 1360. The van der Waals surface area contributed by atoms with Gasteiger partial charge in [-0.15, -0.1) is 0 Å². The molecule has 0 spiro atoms. The lowest BCUT2D eigenvalue weighted by atomic mass is 9.86. The van der Waals surface area contributed by atoms with E-state index in [1.165, 1.54) is 42.5 Å². The van der Waals surface area contributed by atoms with Crippen molar-refractivity contribution in [3.8, 4) is 5.75 Å². The number of hydrogen-bond acceptors (Lipinski definition) is 6. The highest BCUT2D eigenvalue weighted by Gasteiger charge is 2.41. The van der Waals surface area contributed by atoms with Crippen molar-refractivity contribution in [3.63, 3.8) is 0 Å². The van der Waals surface area contributed by atoms with E-state index >= 15 is 0 Å². The second-order valence-electron chi connectivity index (χ2n) is 7.66. The first-order valence-corrected chi connectivity index (χ1v) is 10.1. The first-order valence-electron chi connectivity index (χ1n) is 10.1. The average Bonchev–Trinajstić information content (AvgIpc) is 3.30. The lowest BCUT2D eigenvalue weighted by Gasteiger charge is -2.35. The van der Waals surface area contributed by atoms with Crippen LogP contribution in [-0.2, 0) is 12.1 Å². The van der Waals surface area contributed by atoms with Crippen molar-refractivity contribution in [2.75, 3.05) is 6.61 Å². The van der Waals surface area contributed by atoms with E-state index in [2.05, 4.69) is 15.1 Å². The molecule has 2 atom stereocenters. The number of halogens is 4.